The Labute approximate surface area is 197 Å². The average molecular weight is 485 g/mol. The summed E-state index contributed by atoms with van der Waals surface area (Å²) in [6.45, 7) is 0.0891. The van der Waals surface area contributed by atoms with Crippen LogP contribution in [-0.2, 0) is 26.0 Å². The molecule has 4 rings (SSSR count). The Morgan fingerprint density at radius 1 is 1.03 bits per heavy atom. The normalized spacial score (nSPS) is 12.8. The predicted molar refractivity (Wildman–Crippen MR) is 126 cm³/mol. The van der Waals surface area contributed by atoms with Gasteiger partial charge in [-0.15, -0.1) is 0 Å². The van der Waals surface area contributed by atoms with Crippen LogP contribution in [0, 0.1) is 0 Å². The highest BCUT2D eigenvalue weighted by Crippen LogP contribution is 2.28. The summed E-state index contributed by atoms with van der Waals surface area (Å²) in [5, 5.41) is 0.400. The first-order valence-electron chi connectivity index (χ1n) is 10.2. The van der Waals surface area contributed by atoms with E-state index in [9.17, 15) is 18.0 Å². The molecule has 3 aromatic rings. The van der Waals surface area contributed by atoms with Gasteiger partial charge in [0.2, 0.25) is 0 Å². The number of rotatable bonds is 6. The number of halogens is 1. The summed E-state index contributed by atoms with van der Waals surface area (Å²) in [5.74, 6) is -1.11. The Bertz CT molecular complexity index is 1330. The highest BCUT2D eigenvalue weighted by molar-refractivity contribution is 7.92. The standard InChI is InChI=1S/C24H21ClN2O5S/c1-26(20-9-5-8-19(25)15-20)33(30,31)21-10-4-7-18(14-21)24(29)32-16-23(28)27-13-12-17-6-2-3-11-22(17)27/h2-11,14-15H,12-13,16H2,1H3. The molecule has 0 saturated carbocycles. The summed E-state index contributed by atoms with van der Waals surface area (Å²) in [5.41, 5.74) is 2.30. The smallest absolute Gasteiger partial charge is 0.338 e. The molecule has 33 heavy (non-hydrogen) atoms. The fourth-order valence-corrected chi connectivity index (χ4v) is 5.06. The molecule has 0 N–H and O–H groups in total. The fraction of sp³-hybridized carbons (Fsp3) is 0.167. The van der Waals surface area contributed by atoms with E-state index in [2.05, 4.69) is 0 Å². The fourth-order valence-electron chi connectivity index (χ4n) is 3.64. The lowest BCUT2D eigenvalue weighted by Crippen LogP contribution is -2.33. The molecule has 0 fully saturated rings. The van der Waals surface area contributed by atoms with Gasteiger partial charge >= 0.3 is 5.97 Å². The first-order chi connectivity index (χ1) is 15.8. The zero-order chi connectivity index (χ0) is 23.6. The summed E-state index contributed by atoms with van der Waals surface area (Å²) < 4.78 is 32.4. The van der Waals surface area contributed by atoms with Crippen molar-refractivity contribution in [2.45, 2.75) is 11.3 Å². The zero-order valence-corrected chi connectivity index (χ0v) is 19.3. The van der Waals surface area contributed by atoms with Crippen molar-refractivity contribution in [2.75, 3.05) is 29.4 Å². The van der Waals surface area contributed by atoms with Crippen LogP contribution >= 0.6 is 11.6 Å². The van der Waals surface area contributed by atoms with Crippen LogP contribution in [-0.4, -0.2) is 40.5 Å². The van der Waals surface area contributed by atoms with Crippen molar-refractivity contribution >= 4 is 44.9 Å². The Hall–Kier alpha value is -3.36. The van der Waals surface area contributed by atoms with Crippen LogP contribution in [0.15, 0.2) is 77.7 Å². The van der Waals surface area contributed by atoms with Crippen molar-refractivity contribution in [2.24, 2.45) is 0 Å². The van der Waals surface area contributed by atoms with Crippen molar-refractivity contribution in [3.8, 4) is 0 Å². The Morgan fingerprint density at radius 2 is 1.79 bits per heavy atom. The topological polar surface area (TPSA) is 84.0 Å². The number of esters is 1. The minimum absolute atomic E-state index is 0.0326. The molecule has 1 aliphatic rings. The van der Waals surface area contributed by atoms with Gasteiger partial charge in [-0.2, -0.15) is 0 Å². The highest BCUT2D eigenvalue weighted by Gasteiger charge is 2.26. The van der Waals surface area contributed by atoms with Crippen molar-refractivity contribution < 1.29 is 22.7 Å². The van der Waals surface area contributed by atoms with E-state index in [1.165, 1.54) is 37.4 Å². The monoisotopic (exact) mass is 484 g/mol. The number of sulfonamides is 1. The van der Waals surface area contributed by atoms with E-state index < -0.39 is 22.6 Å². The second kappa shape index (κ2) is 9.25. The molecule has 0 atom stereocenters. The molecule has 0 aliphatic carbocycles. The van der Waals surface area contributed by atoms with Crippen LogP contribution in [0.25, 0.3) is 0 Å². The number of amides is 1. The van der Waals surface area contributed by atoms with Crippen molar-refractivity contribution in [3.05, 3.63) is 88.9 Å². The van der Waals surface area contributed by atoms with Gasteiger partial charge in [0.15, 0.2) is 6.61 Å². The second-order valence-corrected chi connectivity index (χ2v) is 9.89. The van der Waals surface area contributed by atoms with E-state index in [1.54, 1.807) is 23.1 Å². The molecule has 9 heteroatoms. The summed E-state index contributed by atoms with van der Waals surface area (Å²) in [7, 11) is -2.55. The third kappa shape index (κ3) is 4.72. The SMILES string of the molecule is CN(c1cccc(Cl)c1)S(=O)(=O)c1cccc(C(=O)OCC(=O)N2CCc3ccccc32)c1. The van der Waals surface area contributed by atoms with E-state index in [0.29, 0.717) is 17.3 Å². The van der Waals surface area contributed by atoms with Gasteiger partial charge in [0, 0.05) is 24.3 Å². The van der Waals surface area contributed by atoms with Crippen molar-refractivity contribution in [3.63, 3.8) is 0 Å². The first-order valence-corrected chi connectivity index (χ1v) is 12.0. The number of ether oxygens (including phenoxy) is 1. The molecule has 1 amide bonds. The van der Waals surface area contributed by atoms with E-state index in [1.807, 2.05) is 24.3 Å². The Morgan fingerprint density at radius 3 is 2.58 bits per heavy atom. The van der Waals surface area contributed by atoms with Crippen LogP contribution in [0.3, 0.4) is 0 Å². The largest absolute Gasteiger partial charge is 0.452 e. The predicted octanol–water partition coefficient (Wildman–Crippen LogP) is 3.91. The lowest BCUT2D eigenvalue weighted by molar-refractivity contribution is -0.121. The number of benzene rings is 3. The number of anilines is 2. The summed E-state index contributed by atoms with van der Waals surface area (Å²) >= 11 is 5.97. The molecule has 3 aromatic carbocycles. The van der Waals surface area contributed by atoms with E-state index in [0.717, 1.165) is 22.0 Å². The summed E-state index contributed by atoms with van der Waals surface area (Å²) in [4.78, 5) is 26.6. The maximum absolute atomic E-state index is 13.0. The summed E-state index contributed by atoms with van der Waals surface area (Å²) in [6.07, 6.45) is 0.746. The molecule has 0 bridgehead atoms. The third-order valence-corrected chi connectivity index (χ3v) is 7.43. The molecular weight excluding hydrogens is 464 g/mol. The molecule has 7 nitrogen and oxygen atoms in total. The zero-order valence-electron chi connectivity index (χ0n) is 17.8. The molecule has 0 spiro atoms. The van der Waals surface area contributed by atoms with Crippen LogP contribution in [0.2, 0.25) is 5.02 Å². The number of para-hydroxylation sites is 1. The number of fused-ring (bicyclic) bond motifs is 1. The maximum atomic E-state index is 13.0. The second-order valence-electron chi connectivity index (χ2n) is 7.48. The molecule has 1 aliphatic heterocycles. The van der Waals surface area contributed by atoms with E-state index in [-0.39, 0.29) is 16.4 Å². The van der Waals surface area contributed by atoms with Gasteiger partial charge in [0.25, 0.3) is 15.9 Å². The number of hydrogen-bond donors (Lipinski definition) is 0. The van der Waals surface area contributed by atoms with Crippen LogP contribution in [0.5, 0.6) is 0 Å². The number of carbonyl (C=O) groups is 2. The molecule has 0 unspecified atom stereocenters. The van der Waals surface area contributed by atoms with Gasteiger partial charge in [-0.1, -0.05) is 41.9 Å². The third-order valence-electron chi connectivity index (χ3n) is 5.41. The van der Waals surface area contributed by atoms with Crippen LogP contribution in [0.4, 0.5) is 11.4 Å². The van der Waals surface area contributed by atoms with E-state index in [4.69, 9.17) is 16.3 Å². The number of nitrogens with zero attached hydrogens (tertiary/aromatic N) is 2. The first kappa shape index (κ1) is 22.8. The minimum atomic E-state index is -3.95. The number of hydrogen-bond acceptors (Lipinski definition) is 5. The van der Waals surface area contributed by atoms with Gasteiger partial charge in [0.05, 0.1) is 16.1 Å². The van der Waals surface area contributed by atoms with E-state index >= 15 is 0 Å². The quantitative estimate of drug-likeness (QED) is 0.495. The van der Waals surface area contributed by atoms with Gasteiger partial charge in [-0.05, 0) is 54.4 Å². The molecule has 1 heterocycles. The van der Waals surface area contributed by atoms with Crippen LogP contribution < -0.4 is 9.21 Å². The average Bonchev–Trinajstić information content (AvgIpc) is 3.26. The van der Waals surface area contributed by atoms with Gasteiger partial charge in [-0.25, -0.2) is 13.2 Å². The van der Waals surface area contributed by atoms with Crippen molar-refractivity contribution in [1.29, 1.82) is 0 Å². The lowest BCUT2D eigenvalue weighted by atomic mass is 10.2. The summed E-state index contributed by atoms with van der Waals surface area (Å²) in [6, 6.07) is 19.5. The molecule has 0 saturated heterocycles. The lowest BCUT2D eigenvalue weighted by Gasteiger charge is -2.20. The Kier molecular flexibility index (Phi) is 6.40. The van der Waals surface area contributed by atoms with Gasteiger partial charge < -0.3 is 9.64 Å². The molecule has 170 valence electrons. The highest BCUT2D eigenvalue weighted by atomic mass is 35.5. The van der Waals surface area contributed by atoms with Crippen LogP contribution in [0.1, 0.15) is 15.9 Å². The van der Waals surface area contributed by atoms with Gasteiger partial charge in [-0.3, -0.25) is 9.10 Å². The Balaban J connectivity index is 1.46. The number of carbonyl (C=O) groups excluding carboxylic acids is 2. The maximum Gasteiger partial charge on any atom is 0.338 e. The van der Waals surface area contributed by atoms with Gasteiger partial charge in [0.1, 0.15) is 0 Å². The minimum Gasteiger partial charge on any atom is -0.452 e. The molecule has 0 radical (unpaired) electrons. The van der Waals surface area contributed by atoms with Crippen molar-refractivity contribution in [1.82, 2.24) is 0 Å². The molecule has 0 aromatic heterocycles. The molecular formula is C24H21ClN2O5S.